The summed E-state index contributed by atoms with van der Waals surface area (Å²) in [5.41, 5.74) is -0.427. The number of ether oxygens (including phenoxy) is 2. The van der Waals surface area contributed by atoms with E-state index in [2.05, 4.69) is 5.32 Å². The normalized spacial score (nSPS) is 18.3. The minimum absolute atomic E-state index is 0.401. The van der Waals surface area contributed by atoms with Gasteiger partial charge in [-0.2, -0.15) is 0 Å². The van der Waals surface area contributed by atoms with Gasteiger partial charge >= 0.3 is 13.2 Å². The molecule has 1 aromatic rings. The van der Waals surface area contributed by atoms with Crippen molar-refractivity contribution < 1.29 is 23.6 Å². The Labute approximate surface area is 163 Å². The van der Waals surface area contributed by atoms with Crippen LogP contribution in [0.4, 0.5) is 4.79 Å². The second kappa shape index (κ2) is 8.11. The van der Waals surface area contributed by atoms with Crippen LogP contribution in [-0.4, -0.2) is 43.2 Å². The molecule has 0 aliphatic carbocycles. The van der Waals surface area contributed by atoms with E-state index in [1.807, 2.05) is 72.7 Å². The highest BCUT2D eigenvalue weighted by atomic mass is 16.7. The summed E-state index contributed by atoms with van der Waals surface area (Å²) in [6.45, 7) is 14.6. The van der Waals surface area contributed by atoms with Crippen LogP contribution in [0.15, 0.2) is 24.3 Å². The Morgan fingerprint density at radius 1 is 1.11 bits per heavy atom. The Morgan fingerprint density at radius 3 is 2.30 bits per heavy atom. The molecule has 0 unspecified atom stereocenters. The maximum atomic E-state index is 11.6. The van der Waals surface area contributed by atoms with Crippen LogP contribution < -0.4 is 15.5 Å². The molecule has 1 N–H and O–H groups in total. The van der Waals surface area contributed by atoms with E-state index < -0.39 is 30.0 Å². The predicted molar refractivity (Wildman–Crippen MR) is 107 cm³/mol. The maximum absolute atomic E-state index is 11.6. The van der Waals surface area contributed by atoms with Gasteiger partial charge in [-0.15, -0.1) is 0 Å². The van der Waals surface area contributed by atoms with Crippen LogP contribution in [0.2, 0.25) is 0 Å². The summed E-state index contributed by atoms with van der Waals surface area (Å²) in [6, 6.07) is 7.72. The van der Waals surface area contributed by atoms with Crippen molar-refractivity contribution in [1.82, 2.24) is 5.32 Å². The minimum Gasteiger partial charge on any atom is -0.494 e. The topological polar surface area (TPSA) is 66.0 Å². The summed E-state index contributed by atoms with van der Waals surface area (Å²) >= 11 is 0. The molecule has 0 aromatic heterocycles. The first-order chi connectivity index (χ1) is 12.4. The molecule has 1 saturated heterocycles. The van der Waals surface area contributed by atoms with Gasteiger partial charge in [0, 0.05) is 12.0 Å². The molecule has 1 heterocycles. The largest absolute Gasteiger partial charge is 0.498 e. The Morgan fingerprint density at radius 2 is 1.70 bits per heavy atom. The number of carbonyl (C=O) groups is 1. The minimum atomic E-state index is -0.498. The molecule has 7 heteroatoms. The lowest BCUT2D eigenvalue weighted by atomic mass is 9.78. The number of benzene rings is 1. The molecular weight excluding hydrogens is 345 g/mol. The SMILES string of the molecule is CC(C)(C)OC(=O)NCCCOc1ccccc1B1OC(C)(C)C(C)(C)O1. The van der Waals surface area contributed by atoms with E-state index in [1.165, 1.54) is 0 Å². The molecule has 2 rings (SSSR count). The van der Waals surface area contributed by atoms with E-state index in [0.717, 1.165) is 11.2 Å². The van der Waals surface area contributed by atoms with Gasteiger partial charge in [0.2, 0.25) is 0 Å². The van der Waals surface area contributed by atoms with E-state index in [4.69, 9.17) is 18.8 Å². The number of hydrogen-bond donors (Lipinski definition) is 1. The van der Waals surface area contributed by atoms with E-state index in [1.54, 1.807) is 0 Å². The Hall–Kier alpha value is -1.73. The fourth-order valence-electron chi connectivity index (χ4n) is 2.54. The quantitative estimate of drug-likeness (QED) is 0.609. The van der Waals surface area contributed by atoms with Crippen LogP contribution in [0.5, 0.6) is 5.75 Å². The summed E-state index contributed by atoms with van der Waals surface area (Å²) in [4.78, 5) is 11.6. The van der Waals surface area contributed by atoms with Crippen molar-refractivity contribution in [1.29, 1.82) is 0 Å². The number of alkyl carbamates (subject to hydrolysis) is 1. The zero-order valence-electron chi connectivity index (χ0n) is 17.5. The molecule has 6 nitrogen and oxygen atoms in total. The maximum Gasteiger partial charge on any atom is 0.498 e. The van der Waals surface area contributed by atoms with Gasteiger partial charge in [-0.1, -0.05) is 18.2 Å². The zero-order chi connectivity index (χ0) is 20.3. The van der Waals surface area contributed by atoms with Gasteiger partial charge in [-0.3, -0.25) is 0 Å². The Bertz CT molecular complexity index is 638. The third kappa shape index (κ3) is 5.88. The molecule has 27 heavy (non-hydrogen) atoms. The predicted octanol–water partition coefficient (Wildman–Crippen LogP) is 3.28. The lowest BCUT2D eigenvalue weighted by Crippen LogP contribution is -2.41. The third-order valence-corrected chi connectivity index (χ3v) is 4.67. The fraction of sp³-hybridized carbons (Fsp3) is 0.650. The van der Waals surface area contributed by atoms with Crippen LogP contribution in [0, 0.1) is 0 Å². The number of amides is 1. The molecule has 1 aliphatic heterocycles. The van der Waals surface area contributed by atoms with Crippen molar-refractivity contribution >= 4 is 18.7 Å². The average molecular weight is 377 g/mol. The van der Waals surface area contributed by atoms with E-state index in [0.29, 0.717) is 19.6 Å². The van der Waals surface area contributed by atoms with Crippen molar-refractivity contribution in [3.8, 4) is 5.75 Å². The summed E-state index contributed by atoms with van der Waals surface area (Å²) in [5.74, 6) is 0.730. The van der Waals surface area contributed by atoms with Gasteiger partial charge in [0.15, 0.2) is 0 Å². The summed E-state index contributed by atoms with van der Waals surface area (Å²) < 4.78 is 23.4. The second-order valence-electron chi connectivity index (χ2n) is 8.76. The van der Waals surface area contributed by atoms with Gasteiger partial charge in [-0.05, 0) is 61.0 Å². The highest BCUT2D eigenvalue weighted by molar-refractivity contribution is 6.63. The second-order valence-corrected chi connectivity index (χ2v) is 8.76. The molecule has 1 amide bonds. The van der Waals surface area contributed by atoms with Crippen LogP contribution in [0.1, 0.15) is 54.9 Å². The Kier molecular flexibility index (Phi) is 6.48. The van der Waals surface area contributed by atoms with Crippen molar-refractivity contribution in [2.75, 3.05) is 13.2 Å². The molecule has 150 valence electrons. The first-order valence-corrected chi connectivity index (χ1v) is 9.45. The molecule has 1 aliphatic rings. The molecular formula is C20H32BNO5. The van der Waals surface area contributed by atoms with Crippen molar-refractivity contribution in [3.63, 3.8) is 0 Å². The standard InChI is InChI=1S/C20H32BNO5/c1-18(2,3)25-17(23)22-13-10-14-24-16-12-9-8-11-15(16)21-26-19(4,5)20(6,7)27-21/h8-9,11-12H,10,13-14H2,1-7H3,(H,22,23). The summed E-state index contributed by atoms with van der Waals surface area (Å²) in [7, 11) is -0.467. The van der Waals surface area contributed by atoms with Gasteiger partial charge in [0.25, 0.3) is 0 Å². The van der Waals surface area contributed by atoms with E-state index in [9.17, 15) is 4.79 Å². The van der Waals surface area contributed by atoms with Crippen LogP contribution in [0.3, 0.4) is 0 Å². The molecule has 0 saturated carbocycles. The summed E-state index contributed by atoms with van der Waals surface area (Å²) in [5, 5.41) is 2.73. The van der Waals surface area contributed by atoms with Gasteiger partial charge < -0.3 is 24.1 Å². The number of nitrogens with one attached hydrogen (secondary N) is 1. The fourth-order valence-corrected chi connectivity index (χ4v) is 2.54. The third-order valence-electron chi connectivity index (χ3n) is 4.67. The molecule has 0 atom stereocenters. The van der Waals surface area contributed by atoms with Crippen molar-refractivity contribution in [3.05, 3.63) is 24.3 Å². The van der Waals surface area contributed by atoms with E-state index in [-0.39, 0.29) is 0 Å². The molecule has 0 radical (unpaired) electrons. The number of rotatable bonds is 6. The lowest BCUT2D eigenvalue weighted by molar-refractivity contribution is 0.00578. The first kappa shape index (κ1) is 21.6. The van der Waals surface area contributed by atoms with Gasteiger partial charge in [0.1, 0.15) is 11.4 Å². The first-order valence-electron chi connectivity index (χ1n) is 9.45. The average Bonchev–Trinajstić information content (AvgIpc) is 2.73. The van der Waals surface area contributed by atoms with Crippen LogP contribution in [0.25, 0.3) is 0 Å². The lowest BCUT2D eigenvalue weighted by Gasteiger charge is -2.32. The molecule has 1 aromatic carbocycles. The zero-order valence-corrected chi connectivity index (χ0v) is 17.5. The summed E-state index contributed by atoms with van der Waals surface area (Å²) in [6.07, 6.45) is 0.247. The monoisotopic (exact) mass is 377 g/mol. The number of hydrogen-bond acceptors (Lipinski definition) is 5. The molecule has 0 spiro atoms. The van der Waals surface area contributed by atoms with Crippen molar-refractivity contribution in [2.45, 2.75) is 71.7 Å². The molecule has 1 fully saturated rings. The van der Waals surface area contributed by atoms with Crippen molar-refractivity contribution in [2.24, 2.45) is 0 Å². The van der Waals surface area contributed by atoms with Gasteiger partial charge in [0.05, 0.1) is 17.8 Å². The highest BCUT2D eigenvalue weighted by Crippen LogP contribution is 2.37. The highest BCUT2D eigenvalue weighted by Gasteiger charge is 2.52. The smallest absolute Gasteiger partial charge is 0.494 e. The number of carbonyl (C=O) groups excluding carboxylic acids is 1. The number of para-hydroxylation sites is 1. The Balaban J connectivity index is 1.86. The van der Waals surface area contributed by atoms with E-state index >= 15 is 0 Å². The van der Waals surface area contributed by atoms with Crippen LogP contribution in [-0.2, 0) is 14.0 Å². The van der Waals surface area contributed by atoms with Crippen LogP contribution >= 0.6 is 0 Å². The molecule has 0 bridgehead atoms. The van der Waals surface area contributed by atoms with Gasteiger partial charge in [-0.25, -0.2) is 4.79 Å².